The highest BCUT2D eigenvalue weighted by atomic mass is 16.6. The zero-order valence-corrected chi connectivity index (χ0v) is 11.6. The van der Waals surface area contributed by atoms with Crippen molar-refractivity contribution in [1.82, 2.24) is 0 Å². The monoisotopic (exact) mass is 286 g/mol. The van der Waals surface area contributed by atoms with E-state index in [0.29, 0.717) is 5.69 Å². The average molecular weight is 286 g/mol. The Labute approximate surface area is 121 Å². The van der Waals surface area contributed by atoms with Gasteiger partial charge in [0.15, 0.2) is 0 Å². The van der Waals surface area contributed by atoms with E-state index in [0.717, 1.165) is 17.2 Å². The summed E-state index contributed by atoms with van der Waals surface area (Å²) < 4.78 is 0. The van der Waals surface area contributed by atoms with Gasteiger partial charge in [0.2, 0.25) is 0 Å². The van der Waals surface area contributed by atoms with Gasteiger partial charge in [-0.3, -0.25) is 10.1 Å². The molecular formula is C15H14N2O4. The molecular weight excluding hydrogens is 272 g/mol. The van der Waals surface area contributed by atoms with Gasteiger partial charge in [0, 0.05) is 11.8 Å². The largest absolute Gasteiger partial charge is 0.478 e. The number of aryl methyl sites for hydroxylation is 2. The number of hydrogen-bond donors (Lipinski definition) is 2. The van der Waals surface area contributed by atoms with Gasteiger partial charge in [0.05, 0.1) is 10.5 Å². The standard InChI is InChI=1S/C15H14N2O4/c1-9-3-5-12(7-10(9)2)16-13-6-4-11(15(18)19)8-14(13)17(20)21/h3-8,16H,1-2H3,(H,18,19). The number of carboxylic acids is 1. The number of nitrogens with zero attached hydrogens (tertiary/aromatic N) is 1. The van der Waals surface area contributed by atoms with Crippen LogP contribution < -0.4 is 5.32 Å². The third kappa shape index (κ3) is 3.17. The van der Waals surface area contributed by atoms with Gasteiger partial charge >= 0.3 is 5.97 Å². The van der Waals surface area contributed by atoms with Crippen molar-refractivity contribution in [2.45, 2.75) is 13.8 Å². The summed E-state index contributed by atoms with van der Waals surface area (Å²) in [5, 5.41) is 22.9. The summed E-state index contributed by atoms with van der Waals surface area (Å²) >= 11 is 0. The summed E-state index contributed by atoms with van der Waals surface area (Å²) in [6.07, 6.45) is 0. The lowest BCUT2D eigenvalue weighted by atomic mass is 10.1. The first kappa shape index (κ1) is 14.5. The van der Waals surface area contributed by atoms with Crippen molar-refractivity contribution < 1.29 is 14.8 Å². The minimum absolute atomic E-state index is 0.118. The number of anilines is 2. The Morgan fingerprint density at radius 1 is 1.14 bits per heavy atom. The second kappa shape index (κ2) is 5.62. The highest BCUT2D eigenvalue weighted by molar-refractivity contribution is 5.90. The quantitative estimate of drug-likeness (QED) is 0.661. The normalized spacial score (nSPS) is 10.2. The second-order valence-electron chi connectivity index (χ2n) is 4.72. The van der Waals surface area contributed by atoms with Crippen molar-refractivity contribution in [3.63, 3.8) is 0 Å². The minimum Gasteiger partial charge on any atom is -0.478 e. The van der Waals surface area contributed by atoms with Gasteiger partial charge in [-0.25, -0.2) is 4.79 Å². The Balaban J connectivity index is 2.41. The van der Waals surface area contributed by atoms with Gasteiger partial charge in [0.1, 0.15) is 5.69 Å². The maximum Gasteiger partial charge on any atom is 0.335 e. The molecule has 6 heteroatoms. The van der Waals surface area contributed by atoms with Crippen LogP contribution in [0.2, 0.25) is 0 Å². The Bertz CT molecular complexity index is 726. The highest BCUT2D eigenvalue weighted by Crippen LogP contribution is 2.29. The molecule has 0 aliphatic heterocycles. The first-order chi connectivity index (χ1) is 9.88. The Hall–Kier alpha value is -2.89. The molecule has 0 bridgehead atoms. The lowest BCUT2D eigenvalue weighted by molar-refractivity contribution is -0.383. The second-order valence-corrected chi connectivity index (χ2v) is 4.72. The van der Waals surface area contributed by atoms with E-state index in [4.69, 9.17) is 5.11 Å². The molecule has 0 unspecified atom stereocenters. The predicted octanol–water partition coefficient (Wildman–Crippen LogP) is 3.65. The summed E-state index contributed by atoms with van der Waals surface area (Å²) in [7, 11) is 0. The molecule has 2 aromatic carbocycles. The molecule has 0 heterocycles. The van der Waals surface area contributed by atoms with E-state index in [-0.39, 0.29) is 16.9 Å². The smallest absolute Gasteiger partial charge is 0.335 e. The number of rotatable bonds is 4. The Morgan fingerprint density at radius 3 is 2.43 bits per heavy atom. The van der Waals surface area contributed by atoms with Crippen molar-refractivity contribution in [1.29, 1.82) is 0 Å². The number of nitrogens with one attached hydrogen (secondary N) is 1. The fourth-order valence-corrected chi connectivity index (χ4v) is 1.90. The lowest BCUT2D eigenvalue weighted by Gasteiger charge is -2.09. The summed E-state index contributed by atoms with van der Waals surface area (Å²) in [4.78, 5) is 21.4. The van der Waals surface area contributed by atoms with Gasteiger partial charge in [-0.1, -0.05) is 6.07 Å². The molecule has 2 aromatic rings. The molecule has 0 saturated heterocycles. The SMILES string of the molecule is Cc1ccc(Nc2ccc(C(=O)O)cc2[N+](=O)[O-])cc1C. The number of carbonyl (C=O) groups is 1. The molecule has 0 radical (unpaired) electrons. The molecule has 0 fully saturated rings. The summed E-state index contributed by atoms with van der Waals surface area (Å²) in [5.41, 5.74) is 2.76. The van der Waals surface area contributed by atoms with Crippen LogP contribution in [0.5, 0.6) is 0 Å². The van der Waals surface area contributed by atoms with Crippen LogP contribution in [0.1, 0.15) is 21.5 Å². The Morgan fingerprint density at radius 2 is 1.86 bits per heavy atom. The molecule has 2 rings (SSSR count). The predicted molar refractivity (Wildman–Crippen MR) is 79.3 cm³/mol. The van der Waals surface area contributed by atoms with Gasteiger partial charge in [-0.05, 0) is 49.2 Å². The summed E-state index contributed by atoms with van der Waals surface area (Å²) in [6, 6.07) is 9.39. The van der Waals surface area contributed by atoms with Crippen molar-refractivity contribution in [3.05, 3.63) is 63.2 Å². The van der Waals surface area contributed by atoms with Gasteiger partial charge < -0.3 is 10.4 Å². The van der Waals surface area contributed by atoms with Gasteiger partial charge in [-0.15, -0.1) is 0 Å². The van der Waals surface area contributed by atoms with Crippen molar-refractivity contribution >= 4 is 23.0 Å². The maximum atomic E-state index is 11.1. The van der Waals surface area contributed by atoms with E-state index in [2.05, 4.69) is 5.32 Å². The molecule has 0 aliphatic rings. The lowest BCUT2D eigenvalue weighted by Crippen LogP contribution is -2.02. The molecule has 0 atom stereocenters. The molecule has 21 heavy (non-hydrogen) atoms. The first-order valence-electron chi connectivity index (χ1n) is 6.24. The molecule has 0 amide bonds. The van der Waals surface area contributed by atoms with E-state index >= 15 is 0 Å². The highest BCUT2D eigenvalue weighted by Gasteiger charge is 2.17. The number of aromatic carboxylic acids is 1. The van der Waals surface area contributed by atoms with Crippen molar-refractivity contribution in [2.24, 2.45) is 0 Å². The van der Waals surface area contributed by atoms with Crippen LogP contribution in [0, 0.1) is 24.0 Å². The van der Waals surface area contributed by atoms with Gasteiger partial charge in [-0.2, -0.15) is 0 Å². The van der Waals surface area contributed by atoms with E-state index < -0.39 is 10.9 Å². The van der Waals surface area contributed by atoms with E-state index in [9.17, 15) is 14.9 Å². The molecule has 0 aromatic heterocycles. The first-order valence-corrected chi connectivity index (χ1v) is 6.24. The van der Waals surface area contributed by atoms with Crippen molar-refractivity contribution in [3.8, 4) is 0 Å². The third-order valence-corrected chi connectivity index (χ3v) is 3.23. The van der Waals surface area contributed by atoms with Crippen molar-refractivity contribution in [2.75, 3.05) is 5.32 Å². The summed E-state index contributed by atoms with van der Waals surface area (Å²) in [6.45, 7) is 3.92. The fraction of sp³-hybridized carbons (Fsp3) is 0.133. The van der Waals surface area contributed by atoms with E-state index in [1.807, 2.05) is 32.0 Å². The Kier molecular flexibility index (Phi) is 3.89. The number of benzene rings is 2. The maximum absolute atomic E-state index is 11.1. The number of carboxylic acid groups (broad SMARTS) is 1. The van der Waals surface area contributed by atoms with Crippen LogP contribution in [0.15, 0.2) is 36.4 Å². The molecule has 0 saturated carbocycles. The number of nitro benzene ring substituents is 1. The third-order valence-electron chi connectivity index (χ3n) is 3.23. The molecule has 6 nitrogen and oxygen atoms in total. The number of nitro groups is 1. The molecule has 108 valence electrons. The molecule has 2 N–H and O–H groups in total. The van der Waals surface area contributed by atoms with Crippen LogP contribution in [-0.4, -0.2) is 16.0 Å². The average Bonchev–Trinajstić information content (AvgIpc) is 2.43. The van der Waals surface area contributed by atoms with Crippen LogP contribution in [0.3, 0.4) is 0 Å². The minimum atomic E-state index is -1.20. The van der Waals surface area contributed by atoms with Crippen LogP contribution in [-0.2, 0) is 0 Å². The number of hydrogen-bond acceptors (Lipinski definition) is 4. The molecule has 0 spiro atoms. The van der Waals surface area contributed by atoms with Crippen LogP contribution >= 0.6 is 0 Å². The fourth-order valence-electron chi connectivity index (χ4n) is 1.90. The topological polar surface area (TPSA) is 92.5 Å². The van der Waals surface area contributed by atoms with Crippen LogP contribution in [0.4, 0.5) is 17.1 Å². The van der Waals surface area contributed by atoms with Crippen LogP contribution in [0.25, 0.3) is 0 Å². The van der Waals surface area contributed by atoms with E-state index in [1.54, 1.807) is 0 Å². The summed E-state index contributed by atoms with van der Waals surface area (Å²) in [5.74, 6) is -1.20. The van der Waals surface area contributed by atoms with Gasteiger partial charge in [0.25, 0.3) is 5.69 Å². The van der Waals surface area contributed by atoms with E-state index in [1.165, 1.54) is 12.1 Å². The molecule has 0 aliphatic carbocycles. The zero-order chi connectivity index (χ0) is 15.6. The zero-order valence-electron chi connectivity index (χ0n) is 11.6.